The highest BCUT2D eigenvalue weighted by molar-refractivity contribution is 7.88. The van der Waals surface area contributed by atoms with Gasteiger partial charge in [0.05, 0.1) is 12.2 Å². The molecule has 122 valence electrons. The molecule has 0 radical (unpaired) electrons. The van der Waals surface area contributed by atoms with Crippen LogP contribution < -0.4 is 10.0 Å². The van der Waals surface area contributed by atoms with Gasteiger partial charge in [-0.25, -0.2) is 13.1 Å². The van der Waals surface area contributed by atoms with E-state index in [0.29, 0.717) is 13.1 Å². The number of rotatable bonds is 5. The normalized spacial score (nSPS) is 21.2. The molecule has 0 aromatic heterocycles. The topological polar surface area (TPSA) is 95.6 Å². The standard InChI is InChI=1S/C13H25N3O4S/c1-9(2)11(15-21(4,19)20)13(18)16-7-5-6-10(8-16)12(17)14-3/h9-11,15H,5-8H2,1-4H3,(H,14,17)/t10-,11+/m1/s1. The Morgan fingerprint density at radius 2 is 1.90 bits per heavy atom. The van der Waals surface area contributed by atoms with Gasteiger partial charge in [-0.2, -0.15) is 0 Å². The third-order valence-corrected chi connectivity index (χ3v) is 4.31. The molecule has 2 N–H and O–H groups in total. The minimum Gasteiger partial charge on any atom is -0.359 e. The molecule has 0 spiro atoms. The van der Waals surface area contributed by atoms with E-state index < -0.39 is 16.1 Å². The van der Waals surface area contributed by atoms with Crippen LogP contribution in [0.3, 0.4) is 0 Å². The average molecular weight is 319 g/mol. The van der Waals surface area contributed by atoms with E-state index in [-0.39, 0.29) is 23.7 Å². The summed E-state index contributed by atoms with van der Waals surface area (Å²) in [6, 6.07) is -0.788. The summed E-state index contributed by atoms with van der Waals surface area (Å²) in [5.74, 6) is -0.722. The molecular weight excluding hydrogens is 294 g/mol. The monoisotopic (exact) mass is 319 g/mol. The summed E-state index contributed by atoms with van der Waals surface area (Å²) in [6.07, 6.45) is 2.53. The summed E-state index contributed by atoms with van der Waals surface area (Å²) in [6.45, 7) is 4.48. The van der Waals surface area contributed by atoms with Crippen LogP contribution in [-0.4, -0.2) is 57.6 Å². The Balaban J connectivity index is 2.81. The van der Waals surface area contributed by atoms with Crippen molar-refractivity contribution in [3.05, 3.63) is 0 Å². The van der Waals surface area contributed by atoms with Crippen LogP contribution in [0.2, 0.25) is 0 Å². The molecule has 0 unspecified atom stereocenters. The molecule has 1 fully saturated rings. The largest absolute Gasteiger partial charge is 0.359 e. The second-order valence-corrected chi connectivity index (χ2v) is 7.63. The second kappa shape index (κ2) is 7.22. The maximum Gasteiger partial charge on any atom is 0.241 e. The molecule has 1 aliphatic heterocycles. The summed E-state index contributed by atoms with van der Waals surface area (Å²) in [7, 11) is -1.89. The van der Waals surface area contributed by atoms with Crippen molar-refractivity contribution in [3.63, 3.8) is 0 Å². The zero-order chi connectivity index (χ0) is 16.2. The van der Waals surface area contributed by atoms with E-state index in [9.17, 15) is 18.0 Å². The number of nitrogens with zero attached hydrogens (tertiary/aromatic N) is 1. The maximum atomic E-state index is 12.5. The molecule has 7 nitrogen and oxygen atoms in total. The zero-order valence-corrected chi connectivity index (χ0v) is 13.9. The molecule has 1 aliphatic rings. The quantitative estimate of drug-likeness (QED) is 0.717. The van der Waals surface area contributed by atoms with Crippen LogP contribution in [0.4, 0.5) is 0 Å². The number of hydrogen-bond acceptors (Lipinski definition) is 4. The lowest BCUT2D eigenvalue weighted by atomic mass is 9.95. The van der Waals surface area contributed by atoms with Gasteiger partial charge in [-0.1, -0.05) is 13.8 Å². The van der Waals surface area contributed by atoms with Gasteiger partial charge in [-0.3, -0.25) is 9.59 Å². The van der Waals surface area contributed by atoms with Crippen LogP contribution in [0, 0.1) is 11.8 Å². The summed E-state index contributed by atoms with van der Waals surface area (Å²) in [5, 5.41) is 2.60. The van der Waals surface area contributed by atoms with Crippen LogP contribution >= 0.6 is 0 Å². The number of carbonyl (C=O) groups excluding carboxylic acids is 2. The SMILES string of the molecule is CNC(=O)[C@@H]1CCCN(C(=O)[C@@H](NS(C)(=O)=O)C(C)C)C1. The number of nitrogens with one attached hydrogen (secondary N) is 2. The highest BCUT2D eigenvalue weighted by Crippen LogP contribution is 2.19. The van der Waals surface area contributed by atoms with E-state index in [4.69, 9.17) is 0 Å². The van der Waals surface area contributed by atoms with Crippen molar-refractivity contribution in [2.75, 3.05) is 26.4 Å². The van der Waals surface area contributed by atoms with Crippen molar-refractivity contribution < 1.29 is 18.0 Å². The molecule has 0 saturated carbocycles. The Kier molecular flexibility index (Phi) is 6.15. The van der Waals surface area contributed by atoms with Gasteiger partial charge in [0.2, 0.25) is 21.8 Å². The molecule has 0 aromatic rings. The molecule has 0 bridgehead atoms. The fraction of sp³-hybridized carbons (Fsp3) is 0.846. The zero-order valence-electron chi connectivity index (χ0n) is 13.0. The van der Waals surface area contributed by atoms with Crippen molar-refractivity contribution in [2.24, 2.45) is 11.8 Å². The third-order valence-electron chi connectivity index (χ3n) is 3.62. The van der Waals surface area contributed by atoms with Crippen molar-refractivity contribution in [1.29, 1.82) is 0 Å². The van der Waals surface area contributed by atoms with Gasteiger partial charge < -0.3 is 10.2 Å². The van der Waals surface area contributed by atoms with E-state index in [1.54, 1.807) is 25.8 Å². The Morgan fingerprint density at radius 1 is 1.29 bits per heavy atom. The van der Waals surface area contributed by atoms with Gasteiger partial charge in [-0.15, -0.1) is 0 Å². The molecule has 8 heteroatoms. The van der Waals surface area contributed by atoms with E-state index in [2.05, 4.69) is 10.0 Å². The maximum absolute atomic E-state index is 12.5. The summed E-state index contributed by atoms with van der Waals surface area (Å²) < 4.78 is 25.2. The smallest absolute Gasteiger partial charge is 0.241 e. The van der Waals surface area contributed by atoms with Gasteiger partial charge in [0.1, 0.15) is 6.04 Å². The number of carbonyl (C=O) groups is 2. The van der Waals surface area contributed by atoms with Crippen molar-refractivity contribution in [2.45, 2.75) is 32.7 Å². The summed E-state index contributed by atoms with van der Waals surface area (Å²) in [4.78, 5) is 25.8. The number of likely N-dealkylation sites (tertiary alicyclic amines) is 1. The molecular formula is C13H25N3O4S. The van der Waals surface area contributed by atoms with Crippen molar-refractivity contribution >= 4 is 21.8 Å². The van der Waals surface area contributed by atoms with Gasteiger partial charge in [0.15, 0.2) is 0 Å². The molecule has 1 heterocycles. The first-order valence-corrected chi connectivity index (χ1v) is 9.02. The van der Waals surface area contributed by atoms with Gasteiger partial charge in [0, 0.05) is 20.1 Å². The predicted molar refractivity (Wildman–Crippen MR) is 80.0 cm³/mol. The molecule has 2 amide bonds. The molecule has 0 aliphatic carbocycles. The number of piperidine rings is 1. The predicted octanol–water partition coefficient (Wildman–Crippen LogP) is -0.455. The van der Waals surface area contributed by atoms with Crippen LogP contribution in [0.5, 0.6) is 0 Å². The number of sulfonamides is 1. The first-order valence-electron chi connectivity index (χ1n) is 7.13. The first kappa shape index (κ1) is 17.9. The Labute approximate surface area is 126 Å². The highest BCUT2D eigenvalue weighted by Gasteiger charge is 2.33. The Morgan fingerprint density at radius 3 is 2.38 bits per heavy atom. The molecule has 1 saturated heterocycles. The molecule has 0 aromatic carbocycles. The van der Waals surface area contributed by atoms with E-state index in [0.717, 1.165) is 19.1 Å². The lowest BCUT2D eigenvalue weighted by Crippen LogP contribution is -2.54. The number of hydrogen-bond donors (Lipinski definition) is 2. The minimum atomic E-state index is -3.46. The van der Waals surface area contributed by atoms with Gasteiger partial charge in [-0.05, 0) is 18.8 Å². The lowest BCUT2D eigenvalue weighted by Gasteiger charge is -2.35. The Hall–Kier alpha value is -1.15. The van der Waals surface area contributed by atoms with Crippen molar-refractivity contribution in [3.8, 4) is 0 Å². The molecule has 21 heavy (non-hydrogen) atoms. The van der Waals surface area contributed by atoms with Gasteiger partial charge >= 0.3 is 0 Å². The van der Waals surface area contributed by atoms with Crippen molar-refractivity contribution in [1.82, 2.24) is 14.9 Å². The third kappa shape index (κ3) is 5.28. The summed E-state index contributed by atoms with van der Waals surface area (Å²) in [5.41, 5.74) is 0. The number of amides is 2. The van der Waals surface area contributed by atoms with Gasteiger partial charge in [0.25, 0.3) is 0 Å². The first-order chi connectivity index (χ1) is 9.65. The summed E-state index contributed by atoms with van der Waals surface area (Å²) >= 11 is 0. The minimum absolute atomic E-state index is 0.0790. The van der Waals surface area contributed by atoms with Crippen LogP contribution in [0.1, 0.15) is 26.7 Å². The van der Waals surface area contributed by atoms with Crippen LogP contribution in [0.15, 0.2) is 0 Å². The average Bonchev–Trinajstić information content (AvgIpc) is 2.42. The fourth-order valence-corrected chi connectivity index (χ4v) is 3.33. The highest BCUT2D eigenvalue weighted by atomic mass is 32.2. The second-order valence-electron chi connectivity index (χ2n) is 5.85. The van der Waals surface area contributed by atoms with Crippen LogP contribution in [-0.2, 0) is 19.6 Å². The Bertz CT molecular complexity index is 490. The molecule has 1 rings (SSSR count). The van der Waals surface area contributed by atoms with E-state index in [1.165, 1.54) is 0 Å². The van der Waals surface area contributed by atoms with E-state index in [1.807, 2.05) is 0 Å². The fourth-order valence-electron chi connectivity index (χ4n) is 2.49. The van der Waals surface area contributed by atoms with E-state index >= 15 is 0 Å². The lowest BCUT2D eigenvalue weighted by molar-refractivity contribution is -0.137. The molecule has 2 atom stereocenters. The van der Waals surface area contributed by atoms with Crippen LogP contribution in [0.25, 0.3) is 0 Å².